The molecule has 0 bridgehead atoms. The minimum atomic E-state index is -0.472. The monoisotopic (exact) mass is 666 g/mol. The van der Waals surface area contributed by atoms with E-state index in [0.29, 0.717) is 17.4 Å². The van der Waals surface area contributed by atoms with Gasteiger partial charge in [0.15, 0.2) is 0 Å². The quantitative estimate of drug-likeness (QED) is 0.0742. The highest BCUT2D eigenvalue weighted by Crippen LogP contribution is 2.43. The topological polar surface area (TPSA) is 52.8 Å². The molecule has 6 aromatic rings. The minimum Gasteiger partial charge on any atom is -0.490 e. The van der Waals surface area contributed by atoms with Crippen molar-refractivity contribution in [2.24, 2.45) is 11.1 Å². The lowest BCUT2D eigenvalue weighted by atomic mass is 9.89. The molecule has 258 valence electrons. The summed E-state index contributed by atoms with van der Waals surface area (Å²) in [5, 5.41) is 9.32. The maximum absolute atomic E-state index is 12.1. The SMILES string of the molecule is CCCCC(CC)Cn1c2ccc(/C(=N\OC(C)=O)c3ccccc3OC(C)C)cc2c2cc(-c3c(C)cc(C)cc3C)c3ccccc3c21. The summed E-state index contributed by atoms with van der Waals surface area (Å²) in [5.41, 5.74) is 11.0. The average molecular weight is 667 g/mol. The van der Waals surface area contributed by atoms with Crippen molar-refractivity contribution >= 4 is 44.3 Å². The lowest BCUT2D eigenvalue weighted by Gasteiger charge is -2.19. The Kier molecular flexibility index (Phi) is 10.4. The van der Waals surface area contributed by atoms with Gasteiger partial charge in [0.05, 0.1) is 11.6 Å². The second kappa shape index (κ2) is 14.9. The molecule has 5 nitrogen and oxygen atoms in total. The first-order chi connectivity index (χ1) is 24.1. The van der Waals surface area contributed by atoms with Gasteiger partial charge in [0.25, 0.3) is 0 Å². The molecule has 0 aliphatic carbocycles. The number of rotatable bonds is 12. The molecule has 0 saturated carbocycles. The molecule has 0 aliphatic heterocycles. The number of hydrogen-bond acceptors (Lipinski definition) is 4. The van der Waals surface area contributed by atoms with E-state index in [2.05, 4.69) is 105 Å². The molecule has 0 saturated heterocycles. The zero-order chi connectivity index (χ0) is 35.5. The number of oxime groups is 1. The van der Waals surface area contributed by atoms with E-state index in [1.165, 1.54) is 81.2 Å². The molecule has 0 N–H and O–H groups in total. The van der Waals surface area contributed by atoms with Crippen LogP contribution in [0, 0.1) is 26.7 Å². The molecule has 1 unspecified atom stereocenters. The van der Waals surface area contributed by atoms with Crippen molar-refractivity contribution in [1.29, 1.82) is 0 Å². The zero-order valence-electron chi connectivity index (χ0n) is 30.9. The van der Waals surface area contributed by atoms with Gasteiger partial charge in [0.2, 0.25) is 0 Å². The number of aromatic nitrogens is 1. The molecule has 0 amide bonds. The summed E-state index contributed by atoms with van der Waals surface area (Å²) in [6.45, 7) is 17.5. The molecule has 5 heteroatoms. The van der Waals surface area contributed by atoms with Crippen molar-refractivity contribution in [2.45, 2.75) is 93.7 Å². The highest BCUT2D eigenvalue weighted by molar-refractivity contribution is 6.23. The zero-order valence-corrected chi connectivity index (χ0v) is 30.9. The van der Waals surface area contributed by atoms with Crippen LogP contribution in [0.2, 0.25) is 0 Å². The van der Waals surface area contributed by atoms with Gasteiger partial charge in [0.1, 0.15) is 11.5 Å². The Morgan fingerprint density at radius 2 is 1.52 bits per heavy atom. The third kappa shape index (κ3) is 6.92. The van der Waals surface area contributed by atoms with Crippen LogP contribution in [-0.4, -0.2) is 22.4 Å². The van der Waals surface area contributed by atoms with E-state index in [1.54, 1.807) is 0 Å². The molecule has 1 atom stereocenters. The number of hydrogen-bond donors (Lipinski definition) is 0. The Balaban J connectivity index is 1.69. The highest BCUT2D eigenvalue weighted by Gasteiger charge is 2.23. The number of benzene rings is 5. The third-order valence-electron chi connectivity index (χ3n) is 9.84. The first-order valence-electron chi connectivity index (χ1n) is 18.2. The average Bonchev–Trinajstić information content (AvgIpc) is 3.39. The van der Waals surface area contributed by atoms with Crippen LogP contribution in [0.4, 0.5) is 0 Å². The van der Waals surface area contributed by atoms with E-state index in [4.69, 9.17) is 9.57 Å². The van der Waals surface area contributed by atoms with Gasteiger partial charge < -0.3 is 14.1 Å². The van der Waals surface area contributed by atoms with E-state index < -0.39 is 5.97 Å². The molecule has 0 fully saturated rings. The van der Waals surface area contributed by atoms with E-state index in [9.17, 15) is 4.79 Å². The van der Waals surface area contributed by atoms with Crippen LogP contribution >= 0.6 is 0 Å². The molecule has 1 heterocycles. The fourth-order valence-electron chi connectivity index (χ4n) is 7.67. The Morgan fingerprint density at radius 1 is 0.820 bits per heavy atom. The van der Waals surface area contributed by atoms with Crippen molar-refractivity contribution in [3.8, 4) is 16.9 Å². The number of carbonyl (C=O) groups is 1. The van der Waals surface area contributed by atoms with Crippen LogP contribution in [0.15, 0.2) is 90.1 Å². The number of carbonyl (C=O) groups excluding carboxylic acids is 1. The first kappa shape index (κ1) is 34.9. The largest absolute Gasteiger partial charge is 0.490 e. The maximum atomic E-state index is 12.1. The molecule has 0 spiro atoms. The van der Waals surface area contributed by atoms with Crippen LogP contribution in [0.1, 0.15) is 88.1 Å². The van der Waals surface area contributed by atoms with Crippen molar-refractivity contribution in [2.75, 3.05) is 0 Å². The molecular weight excluding hydrogens is 617 g/mol. The van der Waals surface area contributed by atoms with Crippen LogP contribution in [0.3, 0.4) is 0 Å². The predicted molar refractivity (Wildman–Crippen MR) is 210 cm³/mol. The normalized spacial score (nSPS) is 12.7. The summed E-state index contributed by atoms with van der Waals surface area (Å²) >= 11 is 0. The molecule has 1 aromatic heterocycles. The van der Waals surface area contributed by atoms with Crippen molar-refractivity contribution in [3.63, 3.8) is 0 Å². The fraction of sp³-hybridized carbons (Fsp3) is 0.333. The number of ether oxygens (including phenoxy) is 1. The summed E-state index contributed by atoms with van der Waals surface area (Å²) in [5.74, 6) is 0.783. The van der Waals surface area contributed by atoms with Gasteiger partial charge in [0, 0.05) is 46.3 Å². The van der Waals surface area contributed by atoms with E-state index in [-0.39, 0.29) is 6.10 Å². The fourth-order valence-corrected chi connectivity index (χ4v) is 7.67. The van der Waals surface area contributed by atoms with Crippen LogP contribution < -0.4 is 4.74 Å². The second-order valence-corrected chi connectivity index (χ2v) is 14.1. The molecule has 0 radical (unpaired) electrons. The van der Waals surface area contributed by atoms with Crippen molar-refractivity contribution in [3.05, 3.63) is 113 Å². The summed E-state index contributed by atoms with van der Waals surface area (Å²) in [6.07, 6.45) is 4.72. The van der Waals surface area contributed by atoms with Gasteiger partial charge in [-0.25, -0.2) is 4.79 Å². The van der Waals surface area contributed by atoms with Crippen LogP contribution in [0.5, 0.6) is 5.75 Å². The van der Waals surface area contributed by atoms with Gasteiger partial charge in [-0.3, -0.25) is 0 Å². The summed E-state index contributed by atoms with van der Waals surface area (Å²) in [7, 11) is 0. The number of para-hydroxylation sites is 1. The lowest BCUT2D eigenvalue weighted by Crippen LogP contribution is -2.12. The highest BCUT2D eigenvalue weighted by atomic mass is 16.7. The molecule has 5 aromatic carbocycles. The standard InChI is InChI=1S/C45H50N2O3/c1-9-11-16-33(10-2)27-47-41-22-21-34(44(46-50-32(8)48)37-19-14-15-20-42(37)49-28(3)4)25-38(41)40-26-39(35-17-12-13-18-36(35)45(40)47)43-30(6)23-29(5)24-31(43)7/h12-15,17-26,28,33H,9-11,16,27H2,1-8H3/b46-44+. The summed E-state index contributed by atoms with van der Waals surface area (Å²) in [4.78, 5) is 17.4. The smallest absolute Gasteiger partial charge is 0.332 e. The van der Waals surface area contributed by atoms with E-state index in [0.717, 1.165) is 29.5 Å². The number of nitrogens with zero attached hydrogens (tertiary/aromatic N) is 2. The number of aryl methyl sites for hydroxylation is 3. The van der Waals surface area contributed by atoms with Crippen molar-refractivity contribution in [1.82, 2.24) is 4.57 Å². The number of unbranched alkanes of at least 4 members (excludes halogenated alkanes) is 1. The van der Waals surface area contributed by atoms with Gasteiger partial charge in [-0.15, -0.1) is 0 Å². The Hall–Kier alpha value is -4.90. The Morgan fingerprint density at radius 3 is 2.20 bits per heavy atom. The summed E-state index contributed by atoms with van der Waals surface area (Å²) < 4.78 is 8.79. The van der Waals surface area contributed by atoms with Crippen molar-refractivity contribution < 1.29 is 14.4 Å². The Labute approximate surface area is 296 Å². The molecule has 0 aliphatic rings. The second-order valence-electron chi connectivity index (χ2n) is 14.1. The molecular formula is C45H50N2O3. The van der Waals surface area contributed by atoms with Gasteiger partial charge in [-0.05, 0) is 105 Å². The van der Waals surface area contributed by atoms with E-state index >= 15 is 0 Å². The number of fused-ring (bicyclic) bond motifs is 5. The lowest BCUT2D eigenvalue weighted by molar-refractivity contribution is -0.140. The van der Waals surface area contributed by atoms with Gasteiger partial charge >= 0.3 is 5.97 Å². The van der Waals surface area contributed by atoms with Crippen LogP contribution in [-0.2, 0) is 16.2 Å². The van der Waals surface area contributed by atoms with Gasteiger partial charge in [-0.1, -0.05) is 98.4 Å². The summed E-state index contributed by atoms with van der Waals surface area (Å²) in [6, 6.07) is 30.3. The third-order valence-corrected chi connectivity index (χ3v) is 9.84. The Bertz CT molecular complexity index is 2200. The van der Waals surface area contributed by atoms with E-state index in [1.807, 2.05) is 38.1 Å². The molecule has 6 rings (SSSR count). The predicted octanol–water partition coefficient (Wildman–Crippen LogP) is 11.9. The first-order valence-corrected chi connectivity index (χ1v) is 18.2. The maximum Gasteiger partial charge on any atom is 0.332 e. The molecule has 50 heavy (non-hydrogen) atoms. The van der Waals surface area contributed by atoms with Crippen LogP contribution in [0.25, 0.3) is 43.7 Å². The van der Waals surface area contributed by atoms with Gasteiger partial charge in [-0.2, -0.15) is 0 Å². The minimum absolute atomic E-state index is 0.0359.